The number of hydrogen-bond donors (Lipinski definition) is 2. The molecule has 2 aromatic heterocycles. The first-order chi connectivity index (χ1) is 12.6. The normalized spacial score (nSPS) is 9.77. The molecule has 0 fully saturated rings. The Morgan fingerprint density at radius 1 is 1.15 bits per heavy atom. The van der Waals surface area contributed by atoms with Crippen molar-refractivity contribution in [2.45, 2.75) is 13.8 Å². The van der Waals surface area contributed by atoms with E-state index in [9.17, 15) is 9.90 Å². The van der Waals surface area contributed by atoms with Crippen LogP contribution in [0.2, 0.25) is 0 Å². The first-order valence-electron chi connectivity index (χ1n) is 8.14. The van der Waals surface area contributed by atoms with Crippen LogP contribution in [-0.2, 0) is 4.74 Å². The lowest BCUT2D eigenvalue weighted by molar-refractivity contribution is 0.0520. The van der Waals surface area contributed by atoms with Crippen molar-refractivity contribution in [1.82, 2.24) is 15.0 Å². The number of phenolic OH excluding ortho intramolecular Hbond substituents is 1. The molecular weight excluding hydrogens is 330 g/mol. The highest BCUT2D eigenvalue weighted by Crippen LogP contribution is 2.22. The molecule has 3 rings (SSSR count). The lowest BCUT2D eigenvalue weighted by Gasteiger charge is -2.02. The summed E-state index contributed by atoms with van der Waals surface area (Å²) in [6.07, 6.45) is 4.87. The first kappa shape index (κ1) is 18.9. The molecule has 0 amide bonds. The molecule has 2 N–H and O–H groups in total. The molecule has 0 bridgehead atoms. The van der Waals surface area contributed by atoms with Gasteiger partial charge in [-0.05, 0) is 50.2 Å². The largest absolute Gasteiger partial charge is 0.508 e. The fraction of sp³-hybridized carbons (Fsp3) is 0.150. The van der Waals surface area contributed by atoms with Gasteiger partial charge in [-0.25, -0.2) is 9.78 Å². The van der Waals surface area contributed by atoms with E-state index in [1.807, 2.05) is 19.1 Å². The summed E-state index contributed by atoms with van der Waals surface area (Å²) in [4.78, 5) is 23.1. The van der Waals surface area contributed by atoms with Gasteiger partial charge in [0.05, 0.1) is 18.5 Å². The van der Waals surface area contributed by atoms with Gasteiger partial charge in [0.25, 0.3) is 0 Å². The second-order valence-electron chi connectivity index (χ2n) is 5.25. The number of aromatic nitrogens is 3. The molecule has 2 heterocycles. The molecule has 3 aromatic rings. The lowest BCUT2D eigenvalue weighted by Crippen LogP contribution is -2.04. The second kappa shape index (κ2) is 9.17. The Morgan fingerprint density at radius 3 is 2.38 bits per heavy atom. The molecule has 6 nitrogen and oxygen atoms in total. The minimum Gasteiger partial charge on any atom is -0.508 e. The Hall–Kier alpha value is -3.41. The fourth-order valence-corrected chi connectivity index (χ4v) is 2.12. The number of ether oxygens (including phenoxy) is 1. The third kappa shape index (κ3) is 4.80. The topological polar surface area (TPSA) is 88.1 Å². The van der Waals surface area contributed by atoms with Crippen LogP contribution in [-0.4, -0.2) is 32.6 Å². The van der Waals surface area contributed by atoms with Crippen molar-refractivity contribution in [3.05, 3.63) is 67.1 Å². The molecule has 26 heavy (non-hydrogen) atoms. The predicted molar refractivity (Wildman–Crippen MR) is 101 cm³/mol. The monoisotopic (exact) mass is 351 g/mol. The number of benzene rings is 1. The van der Waals surface area contributed by atoms with E-state index in [2.05, 4.69) is 21.5 Å². The predicted octanol–water partition coefficient (Wildman–Crippen LogP) is 4.21. The molecule has 1 aromatic carbocycles. The van der Waals surface area contributed by atoms with Gasteiger partial charge in [0.1, 0.15) is 17.3 Å². The number of imidazole rings is 1. The number of phenols is 1. The van der Waals surface area contributed by atoms with Gasteiger partial charge in [-0.15, -0.1) is 6.58 Å². The Bertz CT molecular complexity index is 853. The molecule has 0 aliphatic rings. The number of aromatic hydroxyl groups is 1. The third-order valence-corrected chi connectivity index (χ3v) is 3.27. The van der Waals surface area contributed by atoms with Crippen LogP contribution in [0.15, 0.2) is 61.4 Å². The zero-order valence-electron chi connectivity index (χ0n) is 14.8. The molecular formula is C20H21N3O3. The molecule has 134 valence electrons. The van der Waals surface area contributed by atoms with E-state index >= 15 is 0 Å². The molecule has 0 aliphatic carbocycles. The van der Waals surface area contributed by atoms with E-state index in [0.717, 1.165) is 16.8 Å². The average Bonchev–Trinajstić information content (AvgIpc) is 3.14. The number of rotatable bonds is 4. The lowest BCUT2D eigenvalue weighted by atomic mass is 10.1. The van der Waals surface area contributed by atoms with Crippen LogP contribution in [0.1, 0.15) is 24.3 Å². The van der Waals surface area contributed by atoms with Crippen LogP contribution in [0.3, 0.4) is 0 Å². The Balaban J connectivity index is 0.000000758. The minimum atomic E-state index is -0.431. The maximum absolute atomic E-state index is 11.6. The summed E-state index contributed by atoms with van der Waals surface area (Å²) < 4.78 is 4.92. The quantitative estimate of drug-likeness (QED) is 0.543. The van der Waals surface area contributed by atoms with Crippen LogP contribution in [0, 0.1) is 0 Å². The Morgan fingerprint density at radius 2 is 1.81 bits per heavy atom. The molecule has 0 atom stereocenters. The van der Waals surface area contributed by atoms with Crippen molar-refractivity contribution in [2.24, 2.45) is 0 Å². The number of nitrogens with one attached hydrogen (secondary N) is 1. The number of nitrogens with zero attached hydrogens (tertiary/aromatic N) is 2. The summed E-state index contributed by atoms with van der Waals surface area (Å²) in [5.74, 6) is 0.338. The summed E-state index contributed by atoms with van der Waals surface area (Å²) >= 11 is 0. The molecule has 0 saturated carbocycles. The highest BCUT2D eigenvalue weighted by atomic mass is 16.5. The van der Waals surface area contributed by atoms with Crippen LogP contribution in [0.4, 0.5) is 0 Å². The summed E-state index contributed by atoms with van der Waals surface area (Å²) in [5, 5.41) is 9.31. The van der Waals surface area contributed by atoms with Crippen LogP contribution < -0.4 is 0 Å². The molecule has 6 heteroatoms. The number of hydrogen-bond acceptors (Lipinski definition) is 5. The van der Waals surface area contributed by atoms with Crippen molar-refractivity contribution in [1.29, 1.82) is 0 Å². The van der Waals surface area contributed by atoms with Crippen LogP contribution >= 0.6 is 0 Å². The maximum atomic E-state index is 11.6. The van der Waals surface area contributed by atoms with Gasteiger partial charge in [0, 0.05) is 17.3 Å². The minimum absolute atomic E-state index is 0.215. The number of aromatic amines is 1. The molecule has 0 radical (unpaired) electrons. The van der Waals surface area contributed by atoms with Gasteiger partial charge in [0.2, 0.25) is 0 Å². The molecule has 0 unspecified atom stereocenters. The van der Waals surface area contributed by atoms with E-state index in [-0.39, 0.29) is 5.75 Å². The van der Waals surface area contributed by atoms with E-state index in [1.165, 1.54) is 6.20 Å². The van der Waals surface area contributed by atoms with Crippen molar-refractivity contribution in [3.8, 4) is 28.4 Å². The molecule has 0 saturated heterocycles. The van der Waals surface area contributed by atoms with Gasteiger partial charge in [-0.1, -0.05) is 6.08 Å². The van der Waals surface area contributed by atoms with Crippen molar-refractivity contribution in [2.75, 3.05) is 6.61 Å². The van der Waals surface area contributed by atoms with Crippen molar-refractivity contribution in [3.63, 3.8) is 0 Å². The second-order valence-corrected chi connectivity index (χ2v) is 5.25. The van der Waals surface area contributed by atoms with Gasteiger partial charge in [0.15, 0.2) is 0 Å². The standard InChI is InChI=1S/C17H15N3O3.C3H6/c1-2-23-17(22)15-10-19-16(20-15)12-5-8-14(18-9-12)11-3-6-13(21)7-4-11;1-3-2/h3-10,21H,2H2,1H3,(H,19,20);3H,1H2,2H3. The number of pyridine rings is 1. The summed E-state index contributed by atoms with van der Waals surface area (Å²) in [5.41, 5.74) is 2.76. The zero-order valence-corrected chi connectivity index (χ0v) is 14.8. The number of esters is 1. The molecule has 0 spiro atoms. The van der Waals surface area contributed by atoms with E-state index in [4.69, 9.17) is 4.74 Å². The van der Waals surface area contributed by atoms with Crippen molar-refractivity contribution < 1.29 is 14.6 Å². The first-order valence-corrected chi connectivity index (χ1v) is 8.14. The number of carbonyl (C=O) groups excluding carboxylic acids is 1. The Kier molecular flexibility index (Phi) is 6.68. The summed E-state index contributed by atoms with van der Waals surface area (Å²) in [6.45, 7) is 7.32. The van der Waals surface area contributed by atoms with E-state index < -0.39 is 5.97 Å². The van der Waals surface area contributed by atoms with Gasteiger partial charge in [-0.3, -0.25) is 4.98 Å². The highest BCUT2D eigenvalue weighted by Gasteiger charge is 2.11. The highest BCUT2D eigenvalue weighted by molar-refractivity contribution is 5.87. The average molecular weight is 351 g/mol. The summed E-state index contributed by atoms with van der Waals surface area (Å²) in [6, 6.07) is 10.5. The van der Waals surface area contributed by atoms with Gasteiger partial charge >= 0.3 is 5.97 Å². The smallest absolute Gasteiger partial charge is 0.356 e. The zero-order chi connectivity index (χ0) is 18.9. The SMILES string of the molecule is C=CC.CCOC(=O)c1cnc(-c2ccc(-c3ccc(O)cc3)nc2)[nH]1. The van der Waals surface area contributed by atoms with E-state index in [1.54, 1.807) is 43.5 Å². The van der Waals surface area contributed by atoms with Crippen molar-refractivity contribution >= 4 is 5.97 Å². The van der Waals surface area contributed by atoms with Crippen LogP contribution in [0.25, 0.3) is 22.6 Å². The number of carbonyl (C=O) groups is 1. The van der Waals surface area contributed by atoms with E-state index in [0.29, 0.717) is 18.1 Å². The van der Waals surface area contributed by atoms with Gasteiger partial charge in [-0.2, -0.15) is 0 Å². The van der Waals surface area contributed by atoms with Crippen LogP contribution in [0.5, 0.6) is 5.75 Å². The van der Waals surface area contributed by atoms with Gasteiger partial charge < -0.3 is 14.8 Å². The number of allylic oxidation sites excluding steroid dienone is 1. The number of H-pyrrole nitrogens is 1. The molecule has 0 aliphatic heterocycles. The fourth-order valence-electron chi connectivity index (χ4n) is 2.12. The maximum Gasteiger partial charge on any atom is 0.356 e. The third-order valence-electron chi connectivity index (χ3n) is 3.27. The Labute approximate surface area is 152 Å². The summed E-state index contributed by atoms with van der Waals surface area (Å²) in [7, 11) is 0.